The molecule has 7 heteroatoms. The van der Waals surface area contributed by atoms with Crippen LogP contribution in [-0.4, -0.2) is 36.3 Å². The molecule has 0 aliphatic carbocycles. The summed E-state index contributed by atoms with van der Waals surface area (Å²) in [6.07, 6.45) is 1.91. The maximum absolute atomic E-state index is 14.3. The third-order valence-corrected chi connectivity index (χ3v) is 4.77. The molecule has 0 saturated heterocycles. The Kier molecular flexibility index (Phi) is 8.77. The van der Waals surface area contributed by atoms with Crippen LogP contribution < -0.4 is 10.6 Å². The number of carbonyl (C=O) groups is 2. The molecule has 31 heavy (non-hydrogen) atoms. The minimum absolute atomic E-state index is 0.234. The van der Waals surface area contributed by atoms with E-state index in [0.717, 1.165) is 6.42 Å². The second-order valence-corrected chi connectivity index (χ2v) is 7.10. The van der Waals surface area contributed by atoms with Crippen molar-refractivity contribution in [2.45, 2.75) is 26.3 Å². The van der Waals surface area contributed by atoms with Crippen LogP contribution in [-0.2, 0) is 9.59 Å². The Morgan fingerprint density at radius 2 is 1.94 bits per heavy atom. The number of carbonyl (C=O) groups excluding carboxylic acids is 2. The van der Waals surface area contributed by atoms with Gasteiger partial charge in [0.05, 0.1) is 11.6 Å². The number of rotatable bonds is 10. The van der Waals surface area contributed by atoms with Crippen LogP contribution in [0.15, 0.2) is 55.1 Å². The van der Waals surface area contributed by atoms with Gasteiger partial charge in [-0.25, -0.2) is 4.39 Å². The molecular formula is C24H27FN4O2. The van der Waals surface area contributed by atoms with Crippen LogP contribution in [0.1, 0.15) is 36.1 Å². The molecule has 0 radical (unpaired) electrons. The van der Waals surface area contributed by atoms with E-state index in [1.807, 2.05) is 6.92 Å². The normalized spacial score (nSPS) is 11.2. The second kappa shape index (κ2) is 11.5. The van der Waals surface area contributed by atoms with Crippen molar-refractivity contribution >= 4 is 17.5 Å². The van der Waals surface area contributed by atoms with E-state index in [-0.39, 0.29) is 18.4 Å². The molecule has 2 rings (SSSR count). The second-order valence-electron chi connectivity index (χ2n) is 7.10. The summed E-state index contributed by atoms with van der Waals surface area (Å²) < 4.78 is 14.3. The van der Waals surface area contributed by atoms with Crippen LogP contribution in [0.25, 0.3) is 0 Å². The lowest BCUT2D eigenvalue weighted by molar-refractivity contribution is -0.132. The summed E-state index contributed by atoms with van der Waals surface area (Å²) in [7, 11) is 0. The van der Waals surface area contributed by atoms with Gasteiger partial charge < -0.3 is 15.5 Å². The fourth-order valence-corrected chi connectivity index (χ4v) is 3.05. The van der Waals surface area contributed by atoms with Crippen LogP contribution in [0.4, 0.5) is 10.1 Å². The molecule has 0 saturated carbocycles. The zero-order chi connectivity index (χ0) is 22.8. The Labute approximate surface area is 182 Å². The molecule has 0 heterocycles. The zero-order valence-corrected chi connectivity index (χ0v) is 17.8. The van der Waals surface area contributed by atoms with E-state index >= 15 is 0 Å². The van der Waals surface area contributed by atoms with Gasteiger partial charge in [-0.1, -0.05) is 25.6 Å². The Bertz CT molecular complexity index is 967. The van der Waals surface area contributed by atoms with Crippen LogP contribution in [0.3, 0.4) is 0 Å². The monoisotopic (exact) mass is 422 g/mol. The highest BCUT2D eigenvalue weighted by Gasteiger charge is 2.26. The molecule has 6 nitrogen and oxygen atoms in total. The van der Waals surface area contributed by atoms with Gasteiger partial charge in [-0.2, -0.15) is 5.26 Å². The summed E-state index contributed by atoms with van der Waals surface area (Å²) in [5.41, 5.74) is 2.12. The highest BCUT2D eigenvalue weighted by Crippen LogP contribution is 2.24. The average Bonchev–Trinajstić information content (AvgIpc) is 2.78. The van der Waals surface area contributed by atoms with E-state index in [0.29, 0.717) is 35.5 Å². The zero-order valence-electron chi connectivity index (χ0n) is 17.8. The maximum Gasteiger partial charge on any atom is 0.249 e. The molecule has 0 bridgehead atoms. The third-order valence-electron chi connectivity index (χ3n) is 4.77. The summed E-state index contributed by atoms with van der Waals surface area (Å²) >= 11 is 0. The predicted molar refractivity (Wildman–Crippen MR) is 119 cm³/mol. The van der Waals surface area contributed by atoms with Crippen LogP contribution in [0.2, 0.25) is 0 Å². The molecule has 1 unspecified atom stereocenters. The highest BCUT2D eigenvalue weighted by atomic mass is 19.1. The predicted octanol–water partition coefficient (Wildman–Crippen LogP) is 3.70. The van der Waals surface area contributed by atoms with Crippen molar-refractivity contribution < 1.29 is 14.0 Å². The molecule has 0 aliphatic heterocycles. The van der Waals surface area contributed by atoms with Gasteiger partial charge in [0.2, 0.25) is 11.8 Å². The van der Waals surface area contributed by atoms with Gasteiger partial charge >= 0.3 is 0 Å². The summed E-state index contributed by atoms with van der Waals surface area (Å²) in [4.78, 5) is 26.5. The van der Waals surface area contributed by atoms with Crippen molar-refractivity contribution in [1.82, 2.24) is 10.2 Å². The van der Waals surface area contributed by atoms with Gasteiger partial charge in [-0.15, -0.1) is 0 Å². The van der Waals surface area contributed by atoms with E-state index < -0.39 is 11.9 Å². The lowest BCUT2D eigenvalue weighted by atomic mass is 10.0. The molecule has 162 valence electrons. The van der Waals surface area contributed by atoms with Gasteiger partial charge in [-0.05, 0) is 60.9 Å². The molecule has 2 amide bonds. The molecule has 1 atom stereocenters. The smallest absolute Gasteiger partial charge is 0.249 e. The van der Waals surface area contributed by atoms with Crippen molar-refractivity contribution in [2.24, 2.45) is 0 Å². The minimum Gasteiger partial charge on any atom is -0.370 e. The fourth-order valence-electron chi connectivity index (χ4n) is 3.05. The van der Waals surface area contributed by atoms with Crippen molar-refractivity contribution in [3.63, 3.8) is 0 Å². The molecule has 2 aromatic carbocycles. The minimum atomic E-state index is -0.829. The third kappa shape index (κ3) is 6.68. The number of nitriles is 1. The highest BCUT2D eigenvalue weighted by molar-refractivity contribution is 5.87. The number of amides is 2. The fraction of sp³-hybridized carbons (Fsp3) is 0.292. The molecule has 0 aliphatic rings. The SMILES string of the molecule is C=CC(=O)NCCN(CCC)C(=O)C(Nc1ccc(C#N)cc1)c1ccc(C)c(F)c1. The van der Waals surface area contributed by atoms with E-state index in [2.05, 4.69) is 23.3 Å². The van der Waals surface area contributed by atoms with Crippen LogP contribution in [0.5, 0.6) is 0 Å². The van der Waals surface area contributed by atoms with Crippen molar-refractivity contribution in [2.75, 3.05) is 25.0 Å². The molecule has 2 N–H and O–H groups in total. The van der Waals surface area contributed by atoms with Crippen LogP contribution >= 0.6 is 0 Å². The molecule has 2 aromatic rings. The lowest BCUT2D eigenvalue weighted by Crippen LogP contribution is -2.42. The van der Waals surface area contributed by atoms with E-state index in [4.69, 9.17) is 5.26 Å². The van der Waals surface area contributed by atoms with Gasteiger partial charge in [0.25, 0.3) is 0 Å². The molecule has 0 fully saturated rings. The van der Waals surface area contributed by atoms with Gasteiger partial charge in [0, 0.05) is 25.3 Å². The van der Waals surface area contributed by atoms with E-state index in [9.17, 15) is 14.0 Å². The first-order valence-corrected chi connectivity index (χ1v) is 10.1. The van der Waals surface area contributed by atoms with Crippen LogP contribution in [0, 0.1) is 24.1 Å². The number of halogens is 1. The first-order chi connectivity index (χ1) is 14.9. The number of nitrogens with zero attached hydrogens (tertiary/aromatic N) is 2. The first-order valence-electron chi connectivity index (χ1n) is 10.1. The summed E-state index contributed by atoms with van der Waals surface area (Å²) in [5, 5.41) is 14.8. The number of anilines is 1. The van der Waals surface area contributed by atoms with Gasteiger partial charge in [0.15, 0.2) is 0 Å². The number of hydrogen-bond acceptors (Lipinski definition) is 4. The Hall–Kier alpha value is -3.66. The van der Waals surface area contributed by atoms with Crippen molar-refractivity contribution in [3.8, 4) is 6.07 Å². The van der Waals surface area contributed by atoms with E-state index in [1.165, 1.54) is 12.1 Å². The number of nitrogens with one attached hydrogen (secondary N) is 2. The topological polar surface area (TPSA) is 85.2 Å². The largest absolute Gasteiger partial charge is 0.370 e. The van der Waals surface area contributed by atoms with Crippen molar-refractivity contribution in [3.05, 3.63) is 77.6 Å². The Balaban J connectivity index is 2.32. The summed E-state index contributed by atoms with van der Waals surface area (Å²) in [5.74, 6) is -0.934. The van der Waals surface area contributed by atoms with E-state index in [1.54, 1.807) is 48.2 Å². The maximum atomic E-state index is 14.3. The lowest BCUT2D eigenvalue weighted by Gasteiger charge is -2.29. The summed E-state index contributed by atoms with van der Waals surface area (Å²) in [6.45, 7) is 8.11. The standard InChI is InChI=1S/C24H27FN4O2/c1-4-13-29(14-12-27-22(30)5-2)24(31)23(19-9-6-17(3)21(25)15-19)28-20-10-7-18(16-26)8-11-20/h5-11,15,23,28H,2,4,12-14H2,1,3H3,(H,27,30). The quantitative estimate of drug-likeness (QED) is 0.572. The molecule has 0 spiro atoms. The number of hydrogen-bond donors (Lipinski definition) is 2. The molecular weight excluding hydrogens is 395 g/mol. The van der Waals surface area contributed by atoms with Crippen molar-refractivity contribution in [1.29, 1.82) is 5.26 Å². The number of aryl methyl sites for hydroxylation is 1. The average molecular weight is 423 g/mol. The first kappa shape index (κ1) is 23.6. The van der Waals surface area contributed by atoms with Gasteiger partial charge in [-0.3, -0.25) is 9.59 Å². The molecule has 0 aromatic heterocycles. The van der Waals surface area contributed by atoms with Gasteiger partial charge in [0.1, 0.15) is 11.9 Å². The summed E-state index contributed by atoms with van der Waals surface area (Å²) in [6, 6.07) is 12.7. The number of benzene rings is 2. The Morgan fingerprint density at radius 3 is 2.52 bits per heavy atom. The Morgan fingerprint density at radius 1 is 1.23 bits per heavy atom.